The van der Waals surface area contributed by atoms with E-state index in [9.17, 15) is 9.59 Å². The number of carbonyl (C=O) groups excluding carboxylic acids is 2. The first kappa shape index (κ1) is 11.7. The van der Waals surface area contributed by atoms with E-state index in [4.69, 9.17) is 5.53 Å². The van der Waals surface area contributed by atoms with E-state index >= 15 is 0 Å². The van der Waals surface area contributed by atoms with Crippen LogP contribution in [0.5, 0.6) is 0 Å². The Morgan fingerprint density at radius 2 is 1.79 bits per heavy atom. The molecule has 1 fully saturated rings. The monoisotopic (exact) mass is 256 g/mol. The highest BCUT2D eigenvalue weighted by Gasteiger charge is 2.42. The van der Waals surface area contributed by atoms with Gasteiger partial charge in [-0.1, -0.05) is 17.2 Å². The first-order chi connectivity index (χ1) is 9.22. The molecule has 2 unspecified atom stereocenters. The summed E-state index contributed by atoms with van der Waals surface area (Å²) in [5.74, 6) is -0.459. The van der Waals surface area contributed by atoms with Crippen LogP contribution >= 0.6 is 0 Å². The second kappa shape index (κ2) is 4.40. The lowest BCUT2D eigenvalue weighted by Crippen LogP contribution is -2.38. The quantitative estimate of drug-likeness (QED) is 0.352. The standard InChI is InChI=1S/C13H12N4O2/c14-16-15-8-5-6-9(7-8)17-12(18)10-3-1-2-4-11(10)13(17)19/h1-4,8-9H,5-7H2. The molecule has 1 aliphatic carbocycles. The average Bonchev–Trinajstić information content (AvgIpc) is 2.96. The van der Waals surface area contributed by atoms with E-state index in [1.54, 1.807) is 24.3 Å². The summed E-state index contributed by atoms with van der Waals surface area (Å²) in [6.07, 6.45) is 1.99. The molecule has 2 atom stereocenters. The zero-order valence-electron chi connectivity index (χ0n) is 10.2. The van der Waals surface area contributed by atoms with E-state index in [1.165, 1.54) is 4.90 Å². The smallest absolute Gasteiger partial charge is 0.261 e. The Bertz CT molecular complexity index is 571. The van der Waals surface area contributed by atoms with Gasteiger partial charge >= 0.3 is 0 Å². The number of benzene rings is 1. The van der Waals surface area contributed by atoms with Crippen molar-refractivity contribution in [1.82, 2.24) is 4.90 Å². The van der Waals surface area contributed by atoms with E-state index in [-0.39, 0.29) is 23.9 Å². The van der Waals surface area contributed by atoms with Gasteiger partial charge in [0, 0.05) is 17.0 Å². The first-order valence-corrected chi connectivity index (χ1v) is 6.23. The second-order valence-corrected chi connectivity index (χ2v) is 4.85. The molecule has 1 aliphatic heterocycles. The summed E-state index contributed by atoms with van der Waals surface area (Å²) in [4.78, 5) is 28.6. The molecule has 2 aliphatic rings. The van der Waals surface area contributed by atoms with Gasteiger partial charge in [-0.25, -0.2) is 0 Å². The van der Waals surface area contributed by atoms with Crippen LogP contribution in [-0.4, -0.2) is 28.8 Å². The molecule has 0 aromatic heterocycles. The lowest BCUT2D eigenvalue weighted by molar-refractivity contribution is 0.0587. The molecule has 1 saturated carbocycles. The van der Waals surface area contributed by atoms with Crippen LogP contribution in [0, 0.1) is 0 Å². The van der Waals surface area contributed by atoms with Gasteiger partial charge in [-0.15, -0.1) is 0 Å². The topological polar surface area (TPSA) is 86.1 Å². The third-order valence-corrected chi connectivity index (χ3v) is 3.78. The Morgan fingerprint density at radius 3 is 2.37 bits per heavy atom. The van der Waals surface area contributed by atoms with Crippen molar-refractivity contribution in [1.29, 1.82) is 0 Å². The number of rotatable bonds is 2. The third kappa shape index (κ3) is 1.77. The fraction of sp³-hybridized carbons (Fsp3) is 0.385. The van der Waals surface area contributed by atoms with E-state index in [0.29, 0.717) is 24.0 Å². The molecule has 0 bridgehead atoms. The van der Waals surface area contributed by atoms with Crippen LogP contribution in [0.3, 0.4) is 0 Å². The van der Waals surface area contributed by atoms with E-state index < -0.39 is 0 Å². The highest BCUT2D eigenvalue weighted by Crippen LogP contribution is 2.32. The fourth-order valence-electron chi connectivity index (χ4n) is 2.89. The van der Waals surface area contributed by atoms with Crippen molar-refractivity contribution < 1.29 is 9.59 Å². The van der Waals surface area contributed by atoms with Crippen molar-refractivity contribution in [2.24, 2.45) is 5.11 Å². The van der Waals surface area contributed by atoms with Crippen molar-refractivity contribution in [2.75, 3.05) is 0 Å². The summed E-state index contributed by atoms with van der Waals surface area (Å²) in [7, 11) is 0. The zero-order valence-corrected chi connectivity index (χ0v) is 10.2. The molecule has 1 aromatic carbocycles. The van der Waals surface area contributed by atoms with Crippen LogP contribution in [0.1, 0.15) is 40.0 Å². The number of nitrogens with zero attached hydrogens (tertiary/aromatic N) is 4. The third-order valence-electron chi connectivity index (χ3n) is 3.78. The predicted molar refractivity (Wildman–Crippen MR) is 67.5 cm³/mol. The van der Waals surface area contributed by atoms with Crippen molar-refractivity contribution in [2.45, 2.75) is 31.3 Å². The summed E-state index contributed by atoms with van der Waals surface area (Å²) in [6.45, 7) is 0. The average molecular weight is 256 g/mol. The Kier molecular flexibility index (Phi) is 2.72. The Labute approximate surface area is 109 Å². The van der Waals surface area contributed by atoms with Gasteiger partial charge in [0.1, 0.15) is 0 Å². The van der Waals surface area contributed by atoms with Crippen LogP contribution in [-0.2, 0) is 0 Å². The van der Waals surface area contributed by atoms with Gasteiger partial charge in [0.05, 0.1) is 11.1 Å². The Morgan fingerprint density at radius 1 is 1.16 bits per heavy atom. The second-order valence-electron chi connectivity index (χ2n) is 4.85. The van der Waals surface area contributed by atoms with Gasteiger partial charge < -0.3 is 0 Å². The summed E-state index contributed by atoms with van der Waals surface area (Å²) < 4.78 is 0. The van der Waals surface area contributed by atoms with Crippen molar-refractivity contribution in [3.8, 4) is 0 Å². The molecule has 1 heterocycles. The fourth-order valence-corrected chi connectivity index (χ4v) is 2.89. The van der Waals surface area contributed by atoms with Gasteiger partial charge in [-0.2, -0.15) is 0 Å². The zero-order chi connectivity index (χ0) is 13.4. The van der Waals surface area contributed by atoms with Gasteiger partial charge in [-0.3, -0.25) is 14.5 Å². The number of carbonyl (C=O) groups is 2. The lowest BCUT2D eigenvalue weighted by Gasteiger charge is -2.21. The highest BCUT2D eigenvalue weighted by molar-refractivity contribution is 6.21. The highest BCUT2D eigenvalue weighted by atomic mass is 16.2. The maximum absolute atomic E-state index is 12.3. The first-order valence-electron chi connectivity index (χ1n) is 6.23. The van der Waals surface area contributed by atoms with Gasteiger partial charge in [0.2, 0.25) is 0 Å². The minimum atomic E-state index is -0.229. The summed E-state index contributed by atoms with van der Waals surface area (Å²) in [5, 5.41) is 3.68. The molecule has 3 rings (SSSR count). The van der Waals surface area contributed by atoms with Crippen molar-refractivity contribution in [3.63, 3.8) is 0 Å². The maximum atomic E-state index is 12.3. The number of amides is 2. The number of hydrogen-bond acceptors (Lipinski definition) is 3. The summed E-state index contributed by atoms with van der Waals surface area (Å²) in [5.41, 5.74) is 9.38. The van der Waals surface area contributed by atoms with Gasteiger partial charge in [-0.05, 0) is 36.9 Å². The van der Waals surface area contributed by atoms with E-state index in [2.05, 4.69) is 10.0 Å². The van der Waals surface area contributed by atoms with Crippen LogP contribution in [0.4, 0.5) is 0 Å². The summed E-state index contributed by atoms with van der Waals surface area (Å²) >= 11 is 0. The van der Waals surface area contributed by atoms with Crippen LogP contribution < -0.4 is 0 Å². The van der Waals surface area contributed by atoms with Crippen LogP contribution in [0.2, 0.25) is 0 Å². The van der Waals surface area contributed by atoms with Crippen LogP contribution in [0.25, 0.3) is 10.4 Å². The number of azide groups is 1. The summed E-state index contributed by atoms with van der Waals surface area (Å²) in [6, 6.07) is 6.60. The number of fused-ring (bicyclic) bond motifs is 1. The molecule has 2 amide bonds. The van der Waals surface area contributed by atoms with E-state index in [0.717, 1.165) is 6.42 Å². The number of hydrogen-bond donors (Lipinski definition) is 0. The Balaban J connectivity index is 1.87. The molecule has 0 saturated heterocycles. The van der Waals surface area contributed by atoms with Crippen LogP contribution in [0.15, 0.2) is 29.4 Å². The maximum Gasteiger partial charge on any atom is 0.261 e. The molecule has 0 N–H and O–H groups in total. The molecule has 0 spiro atoms. The molecule has 96 valence electrons. The largest absolute Gasteiger partial charge is 0.271 e. The normalized spacial score (nSPS) is 25.4. The molecule has 6 heteroatoms. The van der Waals surface area contributed by atoms with Crippen molar-refractivity contribution in [3.05, 3.63) is 45.8 Å². The minimum absolute atomic E-state index is 0.112. The van der Waals surface area contributed by atoms with Crippen molar-refractivity contribution >= 4 is 11.8 Å². The molecular formula is C13H12N4O2. The Hall–Kier alpha value is -2.33. The van der Waals surface area contributed by atoms with Gasteiger partial charge in [0.15, 0.2) is 0 Å². The predicted octanol–water partition coefficient (Wildman–Crippen LogP) is 2.51. The minimum Gasteiger partial charge on any atom is -0.271 e. The molecule has 0 radical (unpaired) electrons. The molecule has 19 heavy (non-hydrogen) atoms. The lowest BCUT2D eigenvalue weighted by atomic mass is 10.1. The molecular weight excluding hydrogens is 244 g/mol. The molecule has 6 nitrogen and oxygen atoms in total. The van der Waals surface area contributed by atoms with Gasteiger partial charge in [0.25, 0.3) is 11.8 Å². The number of imide groups is 1. The van der Waals surface area contributed by atoms with E-state index in [1.807, 2.05) is 0 Å². The SMILES string of the molecule is [N-]=[N+]=NC1CCC(N2C(=O)c3ccccc3C2=O)C1. The molecule has 1 aromatic rings.